The number of nitro benzene ring substituents is 1. The Morgan fingerprint density at radius 3 is 2.59 bits per heavy atom. The van der Waals surface area contributed by atoms with Gasteiger partial charge in [0.2, 0.25) is 5.91 Å². The van der Waals surface area contributed by atoms with Crippen molar-refractivity contribution in [3.63, 3.8) is 0 Å². The standard InChI is InChI=1S/C22H22N2O5/c1-15-21(22(26)29-13-7-10-16-8-3-2-4-9-16)18(14-20(25)23-15)17-11-5-6-12-19(17)24(27)28/h2-6,8-9,11-12,18H,7,10,13-14H2,1H3,(H,23,25)/t18-/m1/s1. The van der Waals surface area contributed by atoms with E-state index in [4.69, 9.17) is 4.74 Å². The molecule has 0 bridgehead atoms. The molecule has 1 N–H and O–H groups in total. The smallest absolute Gasteiger partial charge is 0.336 e. The summed E-state index contributed by atoms with van der Waals surface area (Å²) in [5, 5.41) is 14.1. The number of hydrogen-bond acceptors (Lipinski definition) is 5. The summed E-state index contributed by atoms with van der Waals surface area (Å²) in [7, 11) is 0. The lowest BCUT2D eigenvalue weighted by atomic mass is 9.83. The molecule has 2 aromatic rings. The summed E-state index contributed by atoms with van der Waals surface area (Å²) in [5.41, 5.74) is 2.01. The highest BCUT2D eigenvalue weighted by molar-refractivity contribution is 5.96. The van der Waals surface area contributed by atoms with Crippen LogP contribution < -0.4 is 5.32 Å². The normalized spacial score (nSPS) is 16.3. The van der Waals surface area contributed by atoms with Gasteiger partial charge in [0.05, 0.1) is 17.1 Å². The molecule has 0 fully saturated rings. The Bertz CT molecular complexity index is 953. The zero-order valence-electron chi connectivity index (χ0n) is 16.1. The summed E-state index contributed by atoms with van der Waals surface area (Å²) in [6.07, 6.45) is 1.39. The molecule has 0 unspecified atom stereocenters. The second-order valence-corrected chi connectivity index (χ2v) is 6.88. The number of esters is 1. The van der Waals surface area contributed by atoms with E-state index in [2.05, 4.69) is 5.32 Å². The molecular weight excluding hydrogens is 372 g/mol. The average molecular weight is 394 g/mol. The van der Waals surface area contributed by atoms with Crippen molar-refractivity contribution in [2.24, 2.45) is 0 Å². The Morgan fingerprint density at radius 2 is 1.86 bits per heavy atom. The van der Waals surface area contributed by atoms with Crippen LogP contribution in [0.2, 0.25) is 0 Å². The number of nitrogens with zero attached hydrogens (tertiary/aromatic N) is 1. The Kier molecular flexibility index (Phi) is 6.39. The van der Waals surface area contributed by atoms with Gasteiger partial charge in [0, 0.05) is 29.7 Å². The molecule has 1 aliphatic heterocycles. The third-order valence-electron chi connectivity index (χ3n) is 4.88. The van der Waals surface area contributed by atoms with Gasteiger partial charge in [-0.3, -0.25) is 14.9 Å². The topological polar surface area (TPSA) is 98.5 Å². The monoisotopic (exact) mass is 394 g/mol. The number of rotatable bonds is 7. The zero-order valence-corrected chi connectivity index (χ0v) is 16.1. The van der Waals surface area contributed by atoms with E-state index >= 15 is 0 Å². The fraction of sp³-hybridized carbons (Fsp3) is 0.273. The van der Waals surface area contributed by atoms with E-state index < -0.39 is 16.8 Å². The Hall–Kier alpha value is -3.48. The van der Waals surface area contributed by atoms with Gasteiger partial charge in [-0.05, 0) is 25.3 Å². The van der Waals surface area contributed by atoms with E-state index in [-0.39, 0.29) is 30.2 Å². The van der Waals surface area contributed by atoms with E-state index in [9.17, 15) is 19.7 Å². The van der Waals surface area contributed by atoms with Gasteiger partial charge in [0.25, 0.3) is 5.69 Å². The number of carbonyl (C=O) groups is 2. The van der Waals surface area contributed by atoms with Crippen molar-refractivity contribution in [1.29, 1.82) is 0 Å². The number of allylic oxidation sites excluding steroid dienone is 1. The first-order valence-electron chi connectivity index (χ1n) is 9.42. The number of nitrogens with one attached hydrogen (secondary N) is 1. The van der Waals surface area contributed by atoms with E-state index in [0.29, 0.717) is 17.7 Å². The predicted octanol–water partition coefficient (Wildman–Crippen LogP) is 3.65. The van der Waals surface area contributed by atoms with Gasteiger partial charge in [0.1, 0.15) is 0 Å². The zero-order chi connectivity index (χ0) is 20.8. The lowest BCUT2D eigenvalue weighted by Gasteiger charge is -2.26. The van der Waals surface area contributed by atoms with Crippen molar-refractivity contribution < 1.29 is 19.2 Å². The average Bonchev–Trinajstić information content (AvgIpc) is 2.71. The van der Waals surface area contributed by atoms with Crippen molar-refractivity contribution in [1.82, 2.24) is 5.32 Å². The molecule has 0 saturated heterocycles. The van der Waals surface area contributed by atoms with Crippen LogP contribution in [0.1, 0.15) is 36.8 Å². The molecule has 0 saturated carbocycles. The second kappa shape index (κ2) is 9.14. The number of carbonyl (C=O) groups excluding carboxylic acids is 2. The molecule has 0 spiro atoms. The first-order chi connectivity index (χ1) is 14.0. The van der Waals surface area contributed by atoms with Crippen molar-refractivity contribution in [2.75, 3.05) is 6.61 Å². The maximum Gasteiger partial charge on any atom is 0.336 e. The second-order valence-electron chi connectivity index (χ2n) is 6.88. The van der Waals surface area contributed by atoms with Crippen molar-refractivity contribution in [3.05, 3.63) is 87.1 Å². The van der Waals surface area contributed by atoms with Crippen molar-refractivity contribution in [3.8, 4) is 0 Å². The molecule has 2 aromatic carbocycles. The predicted molar refractivity (Wildman–Crippen MR) is 107 cm³/mol. The highest BCUT2D eigenvalue weighted by atomic mass is 16.6. The lowest BCUT2D eigenvalue weighted by molar-refractivity contribution is -0.385. The number of amides is 1. The maximum atomic E-state index is 12.8. The third-order valence-corrected chi connectivity index (χ3v) is 4.88. The van der Waals surface area contributed by atoms with Gasteiger partial charge in [-0.2, -0.15) is 0 Å². The molecule has 150 valence electrons. The summed E-state index contributed by atoms with van der Waals surface area (Å²) in [5.74, 6) is -1.56. The number of aryl methyl sites for hydroxylation is 1. The van der Waals surface area contributed by atoms with Gasteiger partial charge in [-0.25, -0.2) is 4.79 Å². The maximum absolute atomic E-state index is 12.8. The number of nitro groups is 1. The number of para-hydroxylation sites is 1. The highest BCUT2D eigenvalue weighted by Gasteiger charge is 2.36. The molecule has 7 nitrogen and oxygen atoms in total. The Labute approximate surface area is 168 Å². The molecule has 1 atom stereocenters. The Balaban J connectivity index is 1.76. The summed E-state index contributed by atoms with van der Waals surface area (Å²) < 4.78 is 5.44. The summed E-state index contributed by atoms with van der Waals surface area (Å²) in [6, 6.07) is 16.0. The van der Waals surface area contributed by atoms with Gasteiger partial charge in [-0.15, -0.1) is 0 Å². The molecule has 3 rings (SSSR count). The largest absolute Gasteiger partial charge is 0.462 e. The number of ether oxygens (including phenoxy) is 1. The molecular formula is C22H22N2O5. The fourth-order valence-electron chi connectivity index (χ4n) is 3.55. The molecule has 0 radical (unpaired) electrons. The minimum absolute atomic E-state index is 0.0450. The van der Waals surface area contributed by atoms with Gasteiger partial charge in [-0.1, -0.05) is 48.5 Å². The third kappa shape index (κ3) is 4.87. The molecule has 29 heavy (non-hydrogen) atoms. The molecule has 0 aromatic heterocycles. The van der Waals surface area contributed by atoms with Crippen LogP contribution in [0.5, 0.6) is 0 Å². The van der Waals surface area contributed by atoms with E-state index in [0.717, 1.165) is 12.0 Å². The minimum Gasteiger partial charge on any atom is -0.462 e. The van der Waals surface area contributed by atoms with Gasteiger partial charge in [0.15, 0.2) is 0 Å². The van der Waals surface area contributed by atoms with Gasteiger partial charge < -0.3 is 10.1 Å². The van der Waals surface area contributed by atoms with Crippen LogP contribution in [0.3, 0.4) is 0 Å². The molecule has 0 aliphatic carbocycles. The van der Waals surface area contributed by atoms with Crippen LogP contribution in [0.15, 0.2) is 65.9 Å². The van der Waals surface area contributed by atoms with E-state index in [1.54, 1.807) is 25.1 Å². The van der Waals surface area contributed by atoms with Crippen LogP contribution in [0.4, 0.5) is 5.69 Å². The number of hydrogen-bond donors (Lipinski definition) is 1. The minimum atomic E-state index is -0.716. The van der Waals surface area contributed by atoms with E-state index in [1.807, 2.05) is 30.3 Å². The first-order valence-corrected chi connectivity index (χ1v) is 9.42. The highest BCUT2D eigenvalue weighted by Crippen LogP contribution is 2.37. The number of benzene rings is 2. The van der Waals surface area contributed by atoms with Crippen molar-refractivity contribution in [2.45, 2.75) is 32.1 Å². The van der Waals surface area contributed by atoms with Crippen LogP contribution >= 0.6 is 0 Å². The molecule has 1 heterocycles. The van der Waals surface area contributed by atoms with Crippen LogP contribution in [-0.2, 0) is 20.7 Å². The summed E-state index contributed by atoms with van der Waals surface area (Å²) in [6.45, 7) is 1.83. The lowest BCUT2D eigenvalue weighted by Crippen LogP contribution is -2.34. The van der Waals surface area contributed by atoms with Crippen LogP contribution in [-0.4, -0.2) is 23.4 Å². The van der Waals surface area contributed by atoms with Crippen LogP contribution in [0, 0.1) is 10.1 Å². The molecule has 7 heteroatoms. The van der Waals surface area contributed by atoms with Crippen LogP contribution in [0.25, 0.3) is 0 Å². The quantitative estimate of drug-likeness (QED) is 0.334. The Morgan fingerprint density at radius 1 is 1.17 bits per heavy atom. The SMILES string of the molecule is CC1=C(C(=O)OCCCc2ccccc2)[C@@H](c2ccccc2[N+](=O)[O-])CC(=O)N1. The fourth-order valence-corrected chi connectivity index (χ4v) is 3.55. The molecule has 1 aliphatic rings. The van der Waals surface area contributed by atoms with E-state index in [1.165, 1.54) is 6.07 Å². The summed E-state index contributed by atoms with van der Waals surface area (Å²) >= 11 is 0. The van der Waals surface area contributed by atoms with Crippen molar-refractivity contribution >= 4 is 17.6 Å². The molecule has 1 amide bonds. The summed E-state index contributed by atoms with van der Waals surface area (Å²) in [4.78, 5) is 35.8. The first kappa shape index (κ1) is 20.3. The van der Waals surface area contributed by atoms with Gasteiger partial charge >= 0.3 is 5.97 Å².